The summed E-state index contributed by atoms with van der Waals surface area (Å²) in [6.45, 7) is 2.19. The number of aryl methyl sites for hydroxylation is 1. The van der Waals surface area contributed by atoms with Gasteiger partial charge in [-0.1, -0.05) is 11.2 Å². The fourth-order valence-corrected chi connectivity index (χ4v) is 3.47. The van der Waals surface area contributed by atoms with Gasteiger partial charge in [0.2, 0.25) is 17.8 Å². The molecule has 2 amide bonds. The first kappa shape index (κ1) is 22.6. The zero-order valence-electron chi connectivity index (χ0n) is 19.3. The molecule has 3 N–H and O–H groups in total. The number of anilines is 1. The molecule has 4 aromatic rings. The van der Waals surface area contributed by atoms with E-state index in [1.165, 1.54) is 0 Å². The predicted molar refractivity (Wildman–Crippen MR) is 127 cm³/mol. The first-order valence-electron chi connectivity index (χ1n) is 11.6. The van der Waals surface area contributed by atoms with E-state index < -0.39 is 0 Å². The van der Waals surface area contributed by atoms with Crippen molar-refractivity contribution in [3.05, 3.63) is 60.0 Å². The number of ether oxygens (including phenoxy) is 1. The van der Waals surface area contributed by atoms with Crippen molar-refractivity contribution >= 4 is 23.4 Å². The highest BCUT2D eigenvalue weighted by atomic mass is 16.5. The Hall–Kier alpha value is -4.21. The number of carbonyl (C=O) groups excluding carboxylic acids is 2. The van der Waals surface area contributed by atoms with Crippen LogP contribution >= 0.6 is 0 Å². The van der Waals surface area contributed by atoms with Crippen molar-refractivity contribution in [1.29, 1.82) is 0 Å². The molecule has 0 spiro atoms. The molecule has 0 unspecified atom stereocenters. The highest BCUT2D eigenvalue weighted by molar-refractivity contribution is 5.92. The molecular weight excluding hydrogens is 448 g/mol. The van der Waals surface area contributed by atoms with Crippen LogP contribution in [0.5, 0.6) is 5.75 Å². The average molecular weight is 475 g/mol. The Morgan fingerprint density at radius 1 is 1.11 bits per heavy atom. The molecule has 0 radical (unpaired) electrons. The summed E-state index contributed by atoms with van der Waals surface area (Å²) in [7, 11) is 0. The molecule has 0 atom stereocenters. The van der Waals surface area contributed by atoms with Gasteiger partial charge in [-0.05, 0) is 69.0 Å². The fraction of sp³-hybridized carbons (Fsp3) is 0.320. The van der Waals surface area contributed by atoms with Crippen molar-refractivity contribution in [3.8, 4) is 17.0 Å². The summed E-state index contributed by atoms with van der Waals surface area (Å²) in [5, 5.41) is 11.2. The third-order valence-electron chi connectivity index (χ3n) is 5.74. The van der Waals surface area contributed by atoms with Crippen LogP contribution in [-0.2, 0) is 16.2 Å². The van der Waals surface area contributed by atoms with Gasteiger partial charge < -0.3 is 15.0 Å². The molecule has 10 nitrogen and oxygen atoms in total. The van der Waals surface area contributed by atoms with E-state index in [1.54, 1.807) is 4.52 Å². The molecule has 0 aliphatic heterocycles. The molecule has 2 aliphatic rings. The second kappa shape index (κ2) is 9.57. The lowest BCUT2D eigenvalue weighted by atomic mass is 10.1. The normalized spacial score (nSPS) is 14.8. The quantitative estimate of drug-likeness (QED) is 0.418. The maximum atomic E-state index is 12.0. The molecule has 10 heteroatoms. The zero-order valence-corrected chi connectivity index (χ0v) is 19.3. The molecule has 2 fully saturated rings. The summed E-state index contributed by atoms with van der Waals surface area (Å²) >= 11 is 0. The topological polar surface area (TPSA) is 138 Å². The lowest BCUT2D eigenvalue weighted by Crippen LogP contribution is -2.14. The number of rotatable bonds is 7. The van der Waals surface area contributed by atoms with E-state index in [9.17, 15) is 9.59 Å². The molecule has 3 heterocycles. The Bertz CT molecular complexity index is 1350. The maximum Gasteiger partial charge on any atom is 0.249 e. The monoisotopic (exact) mass is 474 g/mol. The number of benzene rings is 1. The number of hydrogen-bond donors (Lipinski definition) is 2. The number of primary amides is 1. The van der Waals surface area contributed by atoms with E-state index in [1.807, 2.05) is 55.5 Å². The summed E-state index contributed by atoms with van der Waals surface area (Å²) in [6.07, 6.45) is 3.93. The van der Waals surface area contributed by atoms with Crippen molar-refractivity contribution in [1.82, 2.24) is 19.8 Å². The van der Waals surface area contributed by atoms with Crippen LogP contribution in [0.15, 0.2) is 53.1 Å². The first-order chi connectivity index (χ1) is 17.0. The van der Waals surface area contributed by atoms with Gasteiger partial charge >= 0.3 is 0 Å². The van der Waals surface area contributed by atoms with E-state index in [0.717, 1.165) is 54.1 Å². The van der Waals surface area contributed by atoms with Gasteiger partial charge in [-0.3, -0.25) is 14.9 Å². The summed E-state index contributed by atoms with van der Waals surface area (Å²) in [6, 6.07) is 15.3. The van der Waals surface area contributed by atoms with Crippen LogP contribution in [0.4, 0.5) is 5.95 Å². The second-order valence-electron chi connectivity index (χ2n) is 8.80. The van der Waals surface area contributed by atoms with Crippen LogP contribution in [-0.4, -0.2) is 31.6 Å². The number of amides is 2. The third-order valence-corrected chi connectivity index (χ3v) is 5.74. The van der Waals surface area contributed by atoms with E-state index in [4.69, 9.17) is 15.0 Å². The van der Waals surface area contributed by atoms with E-state index in [0.29, 0.717) is 18.2 Å². The molecule has 35 heavy (non-hydrogen) atoms. The Labute approximate surface area is 201 Å². The Kier molecular flexibility index (Phi) is 6.17. The van der Waals surface area contributed by atoms with Crippen molar-refractivity contribution in [2.45, 2.75) is 39.2 Å². The number of aromatic nitrogens is 4. The average Bonchev–Trinajstić information content (AvgIpc) is 3.78. The molecule has 6 rings (SSSR count). The summed E-state index contributed by atoms with van der Waals surface area (Å²) in [4.78, 5) is 26.4. The van der Waals surface area contributed by atoms with Gasteiger partial charge in [-0.25, -0.2) is 4.52 Å². The Morgan fingerprint density at radius 2 is 1.86 bits per heavy atom. The minimum atomic E-state index is -0.130. The number of hydrogen-bond acceptors (Lipinski definition) is 7. The van der Waals surface area contributed by atoms with E-state index in [2.05, 4.69) is 20.6 Å². The van der Waals surface area contributed by atoms with Gasteiger partial charge in [0.05, 0.1) is 5.69 Å². The molecule has 0 saturated heterocycles. The molecule has 2 aliphatic carbocycles. The number of nitrogens with two attached hydrogens (primary N) is 1. The Balaban J connectivity index is 0.000000371. The smallest absolute Gasteiger partial charge is 0.249 e. The minimum Gasteiger partial charge on any atom is -0.487 e. The van der Waals surface area contributed by atoms with Crippen molar-refractivity contribution < 1.29 is 18.8 Å². The van der Waals surface area contributed by atoms with Crippen LogP contribution in [0.2, 0.25) is 0 Å². The van der Waals surface area contributed by atoms with Gasteiger partial charge in [0.15, 0.2) is 5.65 Å². The van der Waals surface area contributed by atoms with Crippen molar-refractivity contribution in [2.75, 3.05) is 5.32 Å². The van der Waals surface area contributed by atoms with Crippen LogP contribution in [0.25, 0.3) is 16.9 Å². The Morgan fingerprint density at radius 3 is 2.46 bits per heavy atom. The highest BCUT2D eigenvalue weighted by Gasteiger charge is 2.30. The standard InChI is InChI=1S/C21H19N5O3.C4H7NO/c1-13-11-16(25-29-13)12-28-17-9-7-14(8-10-17)18-3-2-4-19-22-21(24-26(18)19)23-20(27)15-5-6-15;5-4(6)3-1-2-3/h2-4,7-11,15H,5-6,12H2,1H3,(H,23,24,27);3H,1-2H2,(H2,5,6). The summed E-state index contributed by atoms with van der Waals surface area (Å²) < 4.78 is 12.5. The highest BCUT2D eigenvalue weighted by Crippen LogP contribution is 2.30. The molecule has 0 bridgehead atoms. The number of fused-ring (bicyclic) bond motifs is 1. The minimum absolute atomic E-state index is 0.00809. The number of carbonyl (C=O) groups is 2. The molecule has 2 saturated carbocycles. The van der Waals surface area contributed by atoms with Crippen LogP contribution < -0.4 is 15.8 Å². The maximum absolute atomic E-state index is 12.0. The zero-order chi connectivity index (χ0) is 24.4. The number of nitrogens with one attached hydrogen (secondary N) is 1. The van der Waals surface area contributed by atoms with E-state index in [-0.39, 0.29) is 23.7 Å². The second-order valence-corrected chi connectivity index (χ2v) is 8.80. The number of nitrogens with zero attached hydrogens (tertiary/aromatic N) is 4. The van der Waals surface area contributed by atoms with Gasteiger partial charge in [-0.2, -0.15) is 4.98 Å². The lowest BCUT2D eigenvalue weighted by Gasteiger charge is -2.07. The van der Waals surface area contributed by atoms with Crippen LogP contribution in [0, 0.1) is 18.8 Å². The molecule has 1 aromatic carbocycles. The van der Waals surface area contributed by atoms with Crippen LogP contribution in [0.1, 0.15) is 37.1 Å². The third kappa shape index (κ3) is 5.65. The van der Waals surface area contributed by atoms with Gasteiger partial charge in [0.25, 0.3) is 0 Å². The molecular formula is C25H26N6O4. The van der Waals surface area contributed by atoms with Crippen LogP contribution in [0.3, 0.4) is 0 Å². The lowest BCUT2D eigenvalue weighted by molar-refractivity contribution is -0.119. The number of pyridine rings is 1. The van der Waals surface area contributed by atoms with E-state index >= 15 is 0 Å². The fourth-order valence-electron chi connectivity index (χ4n) is 3.47. The summed E-state index contributed by atoms with van der Waals surface area (Å²) in [5.74, 6) is 2.03. The van der Waals surface area contributed by atoms with Gasteiger partial charge in [0, 0.05) is 23.5 Å². The molecule has 3 aromatic heterocycles. The first-order valence-corrected chi connectivity index (χ1v) is 11.6. The van der Waals surface area contributed by atoms with Crippen molar-refractivity contribution in [2.24, 2.45) is 17.6 Å². The molecule has 180 valence electrons. The predicted octanol–water partition coefficient (Wildman–Crippen LogP) is 3.50. The summed E-state index contributed by atoms with van der Waals surface area (Å²) in [5.41, 5.74) is 8.12. The SMILES string of the molecule is Cc1cc(COc2ccc(-c3cccc4nc(NC(=O)C5CC5)nn34)cc2)no1.NC(=O)C1CC1. The van der Waals surface area contributed by atoms with Gasteiger partial charge in [0.1, 0.15) is 23.8 Å². The van der Waals surface area contributed by atoms with Crippen molar-refractivity contribution in [3.63, 3.8) is 0 Å². The largest absolute Gasteiger partial charge is 0.487 e. The van der Waals surface area contributed by atoms with Gasteiger partial charge in [-0.15, -0.1) is 5.10 Å².